The highest BCUT2D eigenvalue weighted by atomic mass is 16.3. The zero-order valence-electron chi connectivity index (χ0n) is 11.4. The number of phenolic OH excluding ortho intramolecular Hbond substituents is 1. The molecule has 2 aromatic rings. The molecule has 21 heavy (non-hydrogen) atoms. The van der Waals surface area contributed by atoms with Gasteiger partial charge in [0, 0.05) is 12.4 Å². The molecule has 5 nitrogen and oxygen atoms in total. The Hall–Kier alpha value is -2.95. The number of phenols is 1. The first-order valence-electron chi connectivity index (χ1n) is 6.37. The highest BCUT2D eigenvalue weighted by Gasteiger charge is 2.03. The Morgan fingerprint density at radius 3 is 2.95 bits per heavy atom. The van der Waals surface area contributed by atoms with Gasteiger partial charge in [-0.15, -0.1) is 6.58 Å². The number of benzene rings is 1. The minimum absolute atomic E-state index is 0.178. The van der Waals surface area contributed by atoms with Gasteiger partial charge in [-0.3, -0.25) is 9.78 Å². The maximum absolute atomic E-state index is 11.7. The van der Waals surface area contributed by atoms with Crippen LogP contribution in [0.3, 0.4) is 0 Å². The van der Waals surface area contributed by atoms with Gasteiger partial charge in [-0.1, -0.05) is 18.2 Å². The maximum atomic E-state index is 11.7. The topological polar surface area (TPSA) is 74.6 Å². The van der Waals surface area contributed by atoms with Crippen LogP contribution in [0.5, 0.6) is 5.75 Å². The molecule has 0 aliphatic carbocycles. The zero-order valence-corrected chi connectivity index (χ0v) is 11.4. The number of aromatic hydroxyl groups is 1. The molecule has 5 heteroatoms. The third kappa shape index (κ3) is 4.01. The maximum Gasteiger partial charge on any atom is 0.272 e. The second kappa shape index (κ2) is 7.00. The number of nitrogens with one attached hydrogen (secondary N) is 1. The van der Waals surface area contributed by atoms with E-state index in [2.05, 4.69) is 22.1 Å². The van der Waals surface area contributed by atoms with Crippen LogP contribution in [-0.4, -0.2) is 22.2 Å². The van der Waals surface area contributed by atoms with E-state index in [-0.39, 0.29) is 11.7 Å². The molecule has 0 saturated carbocycles. The van der Waals surface area contributed by atoms with Crippen LogP contribution in [0, 0.1) is 0 Å². The van der Waals surface area contributed by atoms with Crippen LogP contribution >= 0.6 is 0 Å². The summed E-state index contributed by atoms with van der Waals surface area (Å²) in [4.78, 5) is 15.6. The molecule has 0 fully saturated rings. The average molecular weight is 281 g/mol. The molecule has 0 unspecified atom stereocenters. The molecule has 1 aromatic heterocycles. The highest BCUT2D eigenvalue weighted by Crippen LogP contribution is 2.18. The van der Waals surface area contributed by atoms with Crippen molar-refractivity contribution in [3.05, 3.63) is 72.1 Å². The van der Waals surface area contributed by atoms with E-state index in [0.29, 0.717) is 17.5 Å². The fourth-order valence-corrected chi connectivity index (χ4v) is 1.72. The molecule has 0 bridgehead atoms. The number of carbonyl (C=O) groups excluding carboxylic acids is 1. The first-order chi connectivity index (χ1) is 10.2. The predicted molar refractivity (Wildman–Crippen MR) is 81.3 cm³/mol. The van der Waals surface area contributed by atoms with E-state index in [4.69, 9.17) is 0 Å². The third-order valence-corrected chi connectivity index (χ3v) is 2.78. The molecule has 2 rings (SSSR count). The van der Waals surface area contributed by atoms with E-state index in [1.807, 2.05) is 0 Å². The van der Waals surface area contributed by atoms with E-state index >= 15 is 0 Å². The molecule has 1 aromatic carbocycles. The highest BCUT2D eigenvalue weighted by molar-refractivity contribution is 5.94. The van der Waals surface area contributed by atoms with E-state index in [0.717, 1.165) is 5.56 Å². The SMILES string of the molecule is C=CCc1ccc(/C=N\NC(=O)c2cccnc2)cc1O. The number of nitrogens with zero attached hydrogens (tertiary/aromatic N) is 2. The van der Waals surface area contributed by atoms with Gasteiger partial charge >= 0.3 is 0 Å². The zero-order chi connectivity index (χ0) is 15.1. The number of rotatable bonds is 5. The van der Waals surface area contributed by atoms with Gasteiger partial charge in [-0.25, -0.2) is 5.43 Å². The van der Waals surface area contributed by atoms with Gasteiger partial charge in [0.05, 0.1) is 11.8 Å². The number of pyridine rings is 1. The van der Waals surface area contributed by atoms with Crippen molar-refractivity contribution in [1.29, 1.82) is 0 Å². The van der Waals surface area contributed by atoms with Crippen molar-refractivity contribution < 1.29 is 9.90 Å². The lowest BCUT2D eigenvalue weighted by molar-refractivity contribution is 0.0955. The number of hydrogen-bond acceptors (Lipinski definition) is 4. The number of amides is 1. The lowest BCUT2D eigenvalue weighted by Crippen LogP contribution is -2.17. The third-order valence-electron chi connectivity index (χ3n) is 2.78. The van der Waals surface area contributed by atoms with E-state index < -0.39 is 0 Å². The summed E-state index contributed by atoms with van der Waals surface area (Å²) in [6, 6.07) is 8.50. The summed E-state index contributed by atoms with van der Waals surface area (Å²) in [5.74, 6) is -0.163. The van der Waals surface area contributed by atoms with Gasteiger partial charge in [-0.2, -0.15) is 5.10 Å². The summed E-state index contributed by atoms with van der Waals surface area (Å²) in [5.41, 5.74) is 4.31. The number of hydrogen-bond donors (Lipinski definition) is 2. The summed E-state index contributed by atoms with van der Waals surface area (Å²) in [6.45, 7) is 3.63. The predicted octanol–water partition coefficient (Wildman–Crippen LogP) is 2.28. The number of allylic oxidation sites excluding steroid dienone is 1. The fourth-order valence-electron chi connectivity index (χ4n) is 1.72. The largest absolute Gasteiger partial charge is 0.508 e. The smallest absolute Gasteiger partial charge is 0.272 e. The monoisotopic (exact) mass is 281 g/mol. The fraction of sp³-hybridized carbons (Fsp3) is 0.0625. The number of hydrazone groups is 1. The van der Waals surface area contributed by atoms with Crippen molar-refractivity contribution >= 4 is 12.1 Å². The first kappa shape index (κ1) is 14.5. The summed E-state index contributed by atoms with van der Waals surface area (Å²) >= 11 is 0. The van der Waals surface area contributed by atoms with E-state index in [1.54, 1.807) is 42.6 Å². The Labute approximate surface area is 122 Å². The molecule has 0 radical (unpaired) electrons. The Morgan fingerprint density at radius 2 is 2.29 bits per heavy atom. The molecule has 0 aliphatic rings. The van der Waals surface area contributed by atoms with Crippen LogP contribution in [-0.2, 0) is 6.42 Å². The second-order valence-corrected chi connectivity index (χ2v) is 4.32. The van der Waals surface area contributed by atoms with Gasteiger partial charge in [0.25, 0.3) is 5.91 Å². The van der Waals surface area contributed by atoms with Gasteiger partial charge in [0.2, 0.25) is 0 Å². The molecule has 0 spiro atoms. The van der Waals surface area contributed by atoms with Crippen molar-refractivity contribution in [2.75, 3.05) is 0 Å². The van der Waals surface area contributed by atoms with Crippen molar-refractivity contribution in [1.82, 2.24) is 10.4 Å². The first-order valence-corrected chi connectivity index (χ1v) is 6.37. The molecular weight excluding hydrogens is 266 g/mol. The average Bonchev–Trinajstić information content (AvgIpc) is 2.51. The quantitative estimate of drug-likeness (QED) is 0.501. The molecule has 1 amide bonds. The van der Waals surface area contributed by atoms with Crippen molar-refractivity contribution in [3.63, 3.8) is 0 Å². The number of aromatic nitrogens is 1. The molecule has 0 atom stereocenters. The van der Waals surface area contributed by atoms with Crippen LogP contribution in [0.2, 0.25) is 0 Å². The minimum atomic E-state index is -0.341. The van der Waals surface area contributed by atoms with Gasteiger partial charge < -0.3 is 5.11 Å². The summed E-state index contributed by atoms with van der Waals surface area (Å²) in [7, 11) is 0. The van der Waals surface area contributed by atoms with Crippen LogP contribution in [0.15, 0.2) is 60.5 Å². The Morgan fingerprint density at radius 1 is 1.43 bits per heavy atom. The summed E-state index contributed by atoms with van der Waals surface area (Å²) < 4.78 is 0. The van der Waals surface area contributed by atoms with Gasteiger partial charge in [-0.05, 0) is 35.7 Å². The van der Waals surface area contributed by atoms with Crippen molar-refractivity contribution in [3.8, 4) is 5.75 Å². The lowest BCUT2D eigenvalue weighted by Gasteiger charge is -2.02. The van der Waals surface area contributed by atoms with Crippen molar-refractivity contribution in [2.45, 2.75) is 6.42 Å². The Kier molecular flexibility index (Phi) is 4.82. The lowest BCUT2D eigenvalue weighted by atomic mass is 10.1. The van der Waals surface area contributed by atoms with E-state index in [1.165, 1.54) is 12.4 Å². The summed E-state index contributed by atoms with van der Waals surface area (Å²) in [5, 5.41) is 13.7. The van der Waals surface area contributed by atoms with Crippen LogP contribution in [0.1, 0.15) is 21.5 Å². The molecule has 0 saturated heterocycles. The van der Waals surface area contributed by atoms with Crippen LogP contribution in [0.25, 0.3) is 0 Å². The molecular formula is C16H15N3O2. The van der Waals surface area contributed by atoms with Gasteiger partial charge in [0.1, 0.15) is 5.75 Å². The normalized spacial score (nSPS) is 10.5. The Balaban J connectivity index is 2.00. The molecule has 2 N–H and O–H groups in total. The summed E-state index contributed by atoms with van der Waals surface area (Å²) in [6.07, 6.45) is 6.83. The number of carbonyl (C=O) groups is 1. The molecule has 0 aliphatic heterocycles. The molecule has 106 valence electrons. The van der Waals surface area contributed by atoms with E-state index in [9.17, 15) is 9.90 Å². The van der Waals surface area contributed by atoms with Crippen molar-refractivity contribution in [2.24, 2.45) is 5.10 Å². The van der Waals surface area contributed by atoms with Crippen LogP contribution < -0.4 is 5.43 Å². The van der Waals surface area contributed by atoms with Crippen LogP contribution in [0.4, 0.5) is 0 Å². The minimum Gasteiger partial charge on any atom is -0.508 e. The Bertz CT molecular complexity index is 666. The van der Waals surface area contributed by atoms with Gasteiger partial charge in [0.15, 0.2) is 0 Å². The molecule has 1 heterocycles. The standard InChI is InChI=1S/C16H15N3O2/c1-2-4-13-7-6-12(9-15(13)20)10-18-19-16(21)14-5-3-8-17-11-14/h2-3,5-11,20H,1,4H2,(H,19,21)/b18-10-. The second-order valence-electron chi connectivity index (χ2n) is 4.32.